The SMILES string of the molecule is COCCN(CC(C)C)c1nc(C)c(CNCC(C)C)s1. The van der Waals surface area contributed by atoms with Crippen molar-refractivity contribution in [2.24, 2.45) is 11.8 Å². The number of anilines is 1. The largest absolute Gasteiger partial charge is 0.383 e. The van der Waals surface area contributed by atoms with Crippen molar-refractivity contribution in [2.45, 2.75) is 41.2 Å². The van der Waals surface area contributed by atoms with E-state index in [1.165, 1.54) is 4.88 Å². The number of methoxy groups -OCH3 is 1. The highest BCUT2D eigenvalue weighted by atomic mass is 32.1. The normalized spacial score (nSPS) is 11.6. The van der Waals surface area contributed by atoms with Crippen LogP contribution in [0.5, 0.6) is 0 Å². The van der Waals surface area contributed by atoms with Gasteiger partial charge >= 0.3 is 0 Å². The zero-order valence-electron chi connectivity index (χ0n) is 14.4. The molecule has 0 saturated carbocycles. The van der Waals surface area contributed by atoms with E-state index in [0.717, 1.165) is 43.6 Å². The first-order valence-electron chi connectivity index (χ1n) is 7.85. The lowest BCUT2D eigenvalue weighted by Gasteiger charge is -2.23. The van der Waals surface area contributed by atoms with Crippen LogP contribution in [-0.4, -0.2) is 38.3 Å². The van der Waals surface area contributed by atoms with Crippen LogP contribution in [-0.2, 0) is 11.3 Å². The molecule has 0 spiro atoms. The second kappa shape index (κ2) is 9.38. The average molecular weight is 314 g/mol. The van der Waals surface area contributed by atoms with E-state index in [0.29, 0.717) is 11.8 Å². The summed E-state index contributed by atoms with van der Waals surface area (Å²) in [7, 11) is 1.75. The molecule has 122 valence electrons. The van der Waals surface area contributed by atoms with Gasteiger partial charge < -0.3 is 15.0 Å². The molecular formula is C16H31N3OS. The minimum Gasteiger partial charge on any atom is -0.383 e. The minimum absolute atomic E-state index is 0.619. The molecule has 4 nitrogen and oxygen atoms in total. The summed E-state index contributed by atoms with van der Waals surface area (Å²) in [5.74, 6) is 1.30. The number of nitrogens with one attached hydrogen (secondary N) is 1. The number of aryl methyl sites for hydroxylation is 1. The van der Waals surface area contributed by atoms with E-state index in [4.69, 9.17) is 9.72 Å². The van der Waals surface area contributed by atoms with Crippen LogP contribution in [0.1, 0.15) is 38.3 Å². The van der Waals surface area contributed by atoms with Crippen molar-refractivity contribution in [2.75, 3.05) is 38.3 Å². The molecule has 0 radical (unpaired) electrons. The zero-order valence-corrected chi connectivity index (χ0v) is 15.2. The van der Waals surface area contributed by atoms with Crippen LogP contribution >= 0.6 is 11.3 Å². The van der Waals surface area contributed by atoms with Gasteiger partial charge in [-0.3, -0.25) is 0 Å². The Morgan fingerprint density at radius 1 is 1.24 bits per heavy atom. The van der Waals surface area contributed by atoms with Crippen molar-refractivity contribution >= 4 is 16.5 Å². The number of nitrogens with zero attached hydrogens (tertiary/aromatic N) is 2. The standard InChI is InChI=1S/C16H31N3OS/c1-12(2)9-17-10-15-14(5)18-16(21-15)19(7-8-20-6)11-13(3)4/h12-13,17H,7-11H2,1-6H3. The second-order valence-electron chi connectivity index (χ2n) is 6.36. The summed E-state index contributed by atoms with van der Waals surface area (Å²) in [6.07, 6.45) is 0. The molecule has 0 aliphatic heterocycles. The fourth-order valence-electron chi connectivity index (χ4n) is 2.09. The maximum absolute atomic E-state index is 5.23. The molecule has 1 rings (SSSR count). The Kier molecular flexibility index (Phi) is 8.22. The summed E-state index contributed by atoms with van der Waals surface area (Å²) in [5, 5.41) is 4.63. The van der Waals surface area contributed by atoms with Crippen LogP contribution in [0.2, 0.25) is 0 Å². The van der Waals surface area contributed by atoms with Crippen molar-refractivity contribution in [3.8, 4) is 0 Å². The highest BCUT2D eigenvalue weighted by molar-refractivity contribution is 7.15. The summed E-state index contributed by atoms with van der Waals surface area (Å²) >= 11 is 1.81. The lowest BCUT2D eigenvalue weighted by atomic mass is 10.2. The first-order valence-corrected chi connectivity index (χ1v) is 8.66. The Bertz CT molecular complexity index is 404. The van der Waals surface area contributed by atoms with E-state index in [1.807, 2.05) is 11.3 Å². The van der Waals surface area contributed by atoms with Gasteiger partial charge in [0.25, 0.3) is 0 Å². The van der Waals surface area contributed by atoms with Crippen LogP contribution < -0.4 is 10.2 Å². The van der Waals surface area contributed by atoms with Crippen LogP contribution in [0.4, 0.5) is 5.13 Å². The van der Waals surface area contributed by atoms with E-state index < -0.39 is 0 Å². The van der Waals surface area contributed by atoms with Gasteiger partial charge in [0, 0.05) is 31.6 Å². The number of hydrogen-bond acceptors (Lipinski definition) is 5. The maximum Gasteiger partial charge on any atom is 0.185 e. The van der Waals surface area contributed by atoms with Crippen LogP contribution in [0.25, 0.3) is 0 Å². The molecule has 1 N–H and O–H groups in total. The molecule has 0 atom stereocenters. The predicted molar refractivity (Wildman–Crippen MR) is 92.3 cm³/mol. The van der Waals surface area contributed by atoms with Gasteiger partial charge in [0.2, 0.25) is 0 Å². The molecule has 0 fully saturated rings. The third-order valence-corrected chi connectivity index (χ3v) is 4.36. The van der Waals surface area contributed by atoms with Gasteiger partial charge in [-0.25, -0.2) is 4.98 Å². The molecular weight excluding hydrogens is 282 g/mol. The fourth-order valence-corrected chi connectivity index (χ4v) is 3.16. The zero-order chi connectivity index (χ0) is 15.8. The maximum atomic E-state index is 5.23. The fraction of sp³-hybridized carbons (Fsp3) is 0.812. The lowest BCUT2D eigenvalue weighted by molar-refractivity contribution is 0.204. The van der Waals surface area contributed by atoms with Gasteiger partial charge in [0.15, 0.2) is 5.13 Å². The van der Waals surface area contributed by atoms with E-state index in [-0.39, 0.29) is 0 Å². The van der Waals surface area contributed by atoms with E-state index in [9.17, 15) is 0 Å². The molecule has 0 bridgehead atoms. The van der Waals surface area contributed by atoms with Gasteiger partial charge in [-0.2, -0.15) is 0 Å². The van der Waals surface area contributed by atoms with Gasteiger partial charge in [-0.05, 0) is 25.3 Å². The van der Waals surface area contributed by atoms with Gasteiger partial charge in [-0.1, -0.05) is 27.7 Å². The average Bonchev–Trinajstić information content (AvgIpc) is 2.75. The molecule has 0 amide bonds. The predicted octanol–water partition coefficient (Wildman–Crippen LogP) is 3.31. The second-order valence-corrected chi connectivity index (χ2v) is 7.42. The molecule has 0 saturated heterocycles. The highest BCUT2D eigenvalue weighted by Crippen LogP contribution is 2.26. The van der Waals surface area contributed by atoms with E-state index in [1.54, 1.807) is 7.11 Å². The molecule has 1 aromatic rings. The third kappa shape index (κ3) is 6.76. The number of hydrogen-bond donors (Lipinski definition) is 1. The highest BCUT2D eigenvalue weighted by Gasteiger charge is 2.15. The molecule has 1 heterocycles. The molecule has 1 aromatic heterocycles. The molecule has 21 heavy (non-hydrogen) atoms. The van der Waals surface area contributed by atoms with Crippen LogP contribution in [0, 0.1) is 18.8 Å². The lowest BCUT2D eigenvalue weighted by Crippen LogP contribution is -2.30. The monoisotopic (exact) mass is 313 g/mol. The first-order chi connectivity index (χ1) is 9.93. The quantitative estimate of drug-likeness (QED) is 0.719. The van der Waals surface area contributed by atoms with Crippen LogP contribution in [0.3, 0.4) is 0 Å². The van der Waals surface area contributed by atoms with Crippen molar-refractivity contribution < 1.29 is 4.74 Å². The molecule has 0 aliphatic carbocycles. The van der Waals surface area contributed by atoms with E-state index in [2.05, 4.69) is 44.8 Å². The topological polar surface area (TPSA) is 37.4 Å². The minimum atomic E-state index is 0.619. The third-order valence-electron chi connectivity index (χ3n) is 3.14. The Morgan fingerprint density at radius 3 is 2.52 bits per heavy atom. The van der Waals surface area contributed by atoms with Crippen molar-refractivity contribution in [3.05, 3.63) is 10.6 Å². The summed E-state index contributed by atoms with van der Waals surface area (Å²) < 4.78 is 5.23. The van der Waals surface area contributed by atoms with Crippen LogP contribution in [0.15, 0.2) is 0 Å². The first kappa shape index (κ1) is 18.4. The Labute approximate surface area is 133 Å². The number of rotatable bonds is 10. The van der Waals surface area contributed by atoms with Gasteiger partial charge in [0.1, 0.15) is 0 Å². The molecule has 0 aromatic carbocycles. The Hall–Kier alpha value is -0.650. The van der Waals surface area contributed by atoms with Crippen molar-refractivity contribution in [1.82, 2.24) is 10.3 Å². The van der Waals surface area contributed by atoms with Crippen molar-refractivity contribution in [1.29, 1.82) is 0 Å². The number of aromatic nitrogens is 1. The van der Waals surface area contributed by atoms with Crippen molar-refractivity contribution in [3.63, 3.8) is 0 Å². The van der Waals surface area contributed by atoms with E-state index >= 15 is 0 Å². The summed E-state index contributed by atoms with van der Waals surface area (Å²) in [6, 6.07) is 0. The number of thiazole rings is 1. The Balaban J connectivity index is 2.70. The molecule has 5 heteroatoms. The number of ether oxygens (including phenoxy) is 1. The Morgan fingerprint density at radius 2 is 1.95 bits per heavy atom. The summed E-state index contributed by atoms with van der Waals surface area (Å²) in [6.45, 7) is 15.7. The van der Waals surface area contributed by atoms with Gasteiger partial charge in [-0.15, -0.1) is 11.3 Å². The summed E-state index contributed by atoms with van der Waals surface area (Å²) in [5.41, 5.74) is 1.15. The molecule has 0 aliphatic rings. The summed E-state index contributed by atoms with van der Waals surface area (Å²) in [4.78, 5) is 8.45. The smallest absolute Gasteiger partial charge is 0.185 e. The molecule has 0 unspecified atom stereocenters. The van der Waals surface area contributed by atoms with Gasteiger partial charge in [0.05, 0.1) is 12.3 Å².